The van der Waals surface area contributed by atoms with E-state index >= 15 is 0 Å². The number of hydrogen-bond acceptors (Lipinski definition) is 9. The van der Waals surface area contributed by atoms with Gasteiger partial charge in [0, 0.05) is 31.1 Å². The highest BCUT2D eigenvalue weighted by molar-refractivity contribution is 7.46. The molecule has 326 valence electrons. The fraction of sp³-hybridized carbons (Fsp3) is 0.841. The van der Waals surface area contributed by atoms with Crippen LogP contribution in [-0.4, -0.2) is 69.2 Å². The summed E-state index contributed by atoms with van der Waals surface area (Å²) >= 11 is 0. The van der Waals surface area contributed by atoms with Gasteiger partial charge in [0.05, 0.1) is 18.8 Å². The molecule has 0 spiro atoms. The van der Waals surface area contributed by atoms with Crippen molar-refractivity contribution in [2.75, 3.05) is 13.2 Å². The Morgan fingerprint density at radius 1 is 0.786 bits per heavy atom. The third-order valence-corrected chi connectivity index (χ3v) is 11.4. The van der Waals surface area contributed by atoms with Gasteiger partial charge in [0.2, 0.25) is 0 Å². The van der Waals surface area contributed by atoms with E-state index in [9.17, 15) is 29.2 Å². The van der Waals surface area contributed by atoms with Crippen molar-refractivity contribution >= 4 is 25.5 Å². The minimum absolute atomic E-state index is 0.0231. The zero-order valence-corrected chi connectivity index (χ0v) is 36.1. The molecule has 4 N–H and O–H groups in total. The maximum atomic E-state index is 12.5. The van der Waals surface area contributed by atoms with Crippen molar-refractivity contribution in [2.45, 2.75) is 206 Å². The first-order chi connectivity index (χ1) is 26.9. The van der Waals surface area contributed by atoms with Crippen LogP contribution in [0.2, 0.25) is 0 Å². The lowest BCUT2D eigenvalue weighted by Crippen LogP contribution is -2.29. The van der Waals surface area contributed by atoms with Crippen LogP contribution in [0.25, 0.3) is 0 Å². The molecule has 6 atom stereocenters. The van der Waals surface area contributed by atoms with Gasteiger partial charge in [-0.25, -0.2) is 4.57 Å². The van der Waals surface area contributed by atoms with Crippen molar-refractivity contribution in [1.29, 1.82) is 0 Å². The highest BCUT2D eigenvalue weighted by atomic mass is 31.2. The average Bonchev–Trinajstić information content (AvgIpc) is 3.43. The van der Waals surface area contributed by atoms with Crippen molar-refractivity contribution in [3.63, 3.8) is 0 Å². The van der Waals surface area contributed by atoms with Crippen molar-refractivity contribution in [3.8, 4) is 0 Å². The maximum Gasteiger partial charge on any atom is 0.469 e. The van der Waals surface area contributed by atoms with Gasteiger partial charge in [-0.05, 0) is 38.0 Å². The van der Waals surface area contributed by atoms with Crippen LogP contribution in [-0.2, 0) is 32.9 Å². The third-order valence-electron chi connectivity index (χ3n) is 10.9. The molecule has 1 unspecified atom stereocenters. The topological polar surface area (TPSA) is 177 Å². The fourth-order valence-electron chi connectivity index (χ4n) is 7.10. The first kappa shape index (κ1) is 52.1. The van der Waals surface area contributed by atoms with Crippen molar-refractivity contribution in [3.05, 3.63) is 24.3 Å². The molecule has 0 aromatic rings. The van der Waals surface area contributed by atoms with E-state index in [-0.39, 0.29) is 37.6 Å². The first-order valence-corrected chi connectivity index (χ1v) is 23.7. The lowest BCUT2D eigenvalue weighted by Gasteiger charge is -2.18. The summed E-state index contributed by atoms with van der Waals surface area (Å²) in [5.74, 6) is -0.973. The molecule has 0 aromatic heterocycles. The number of phosphoric ester groups is 1. The number of carbonyl (C=O) groups is 3. The largest absolute Gasteiger partial charge is 0.469 e. The van der Waals surface area contributed by atoms with Gasteiger partial charge >= 0.3 is 19.8 Å². The molecule has 1 aliphatic carbocycles. The van der Waals surface area contributed by atoms with Gasteiger partial charge in [0.25, 0.3) is 0 Å². The summed E-state index contributed by atoms with van der Waals surface area (Å²) in [4.78, 5) is 55.6. The minimum atomic E-state index is -4.83. The third kappa shape index (κ3) is 28.5. The predicted molar refractivity (Wildman–Crippen MR) is 222 cm³/mol. The Kier molecular flexibility index (Phi) is 30.7. The van der Waals surface area contributed by atoms with Crippen LogP contribution in [0.5, 0.6) is 0 Å². The number of aliphatic hydroxyl groups is 2. The van der Waals surface area contributed by atoms with E-state index in [0.29, 0.717) is 32.1 Å². The monoisotopic (exact) mass is 815 g/mol. The second kappa shape index (κ2) is 33.0. The molecule has 0 amide bonds. The zero-order valence-electron chi connectivity index (χ0n) is 35.2. The predicted octanol–water partition coefficient (Wildman–Crippen LogP) is 10.0. The van der Waals surface area contributed by atoms with Gasteiger partial charge < -0.3 is 29.5 Å². The molecule has 1 fully saturated rings. The van der Waals surface area contributed by atoms with Gasteiger partial charge in [-0.3, -0.25) is 18.9 Å². The van der Waals surface area contributed by atoms with Crippen LogP contribution in [0, 0.1) is 17.8 Å². The molecule has 11 nitrogen and oxygen atoms in total. The van der Waals surface area contributed by atoms with Crippen LogP contribution in [0.15, 0.2) is 24.3 Å². The van der Waals surface area contributed by atoms with Crippen LogP contribution >= 0.6 is 7.82 Å². The van der Waals surface area contributed by atoms with E-state index in [1.54, 1.807) is 12.2 Å². The van der Waals surface area contributed by atoms with Crippen LogP contribution < -0.4 is 0 Å². The summed E-state index contributed by atoms with van der Waals surface area (Å²) in [5.41, 5.74) is 0. The molecular formula is C44H79O11P. The number of ketones is 1. The number of esters is 2. The normalized spacial score (nSPS) is 19.2. The number of hydrogen-bond donors (Lipinski definition) is 4. The summed E-state index contributed by atoms with van der Waals surface area (Å²) < 4.78 is 26.4. The molecule has 0 radical (unpaired) electrons. The quantitative estimate of drug-likeness (QED) is 0.0205. The number of rotatable bonds is 36. The van der Waals surface area contributed by atoms with E-state index < -0.39 is 50.6 Å². The second-order valence-electron chi connectivity index (χ2n) is 16.1. The Hall–Kier alpha value is -1.88. The smallest absolute Gasteiger partial charge is 0.462 e. The van der Waals surface area contributed by atoms with E-state index in [1.165, 1.54) is 77.0 Å². The Morgan fingerprint density at radius 2 is 1.36 bits per heavy atom. The lowest BCUT2D eigenvalue weighted by molar-refractivity contribution is -0.161. The molecule has 1 rings (SSSR count). The maximum absolute atomic E-state index is 12.5. The Bertz CT molecular complexity index is 1140. The first-order valence-electron chi connectivity index (χ1n) is 22.1. The summed E-state index contributed by atoms with van der Waals surface area (Å²) in [6, 6.07) is 0. The molecule has 56 heavy (non-hydrogen) atoms. The van der Waals surface area contributed by atoms with E-state index in [4.69, 9.17) is 19.3 Å². The lowest BCUT2D eigenvalue weighted by atomic mass is 9.90. The summed E-state index contributed by atoms with van der Waals surface area (Å²) in [6.07, 6.45) is 29.8. The molecular weight excluding hydrogens is 735 g/mol. The molecule has 0 aromatic carbocycles. The van der Waals surface area contributed by atoms with Crippen LogP contribution in [0.3, 0.4) is 0 Å². The highest BCUT2D eigenvalue weighted by Crippen LogP contribution is 2.36. The van der Waals surface area contributed by atoms with Gasteiger partial charge in [0.15, 0.2) is 6.10 Å². The van der Waals surface area contributed by atoms with Crippen molar-refractivity contribution in [2.24, 2.45) is 17.8 Å². The van der Waals surface area contributed by atoms with E-state index in [2.05, 4.69) is 25.3 Å². The molecule has 0 heterocycles. The van der Waals surface area contributed by atoms with Crippen molar-refractivity contribution < 1.29 is 52.9 Å². The average molecular weight is 815 g/mol. The Morgan fingerprint density at radius 3 is 1.95 bits per heavy atom. The van der Waals surface area contributed by atoms with Gasteiger partial charge in [0.1, 0.15) is 12.4 Å². The minimum Gasteiger partial charge on any atom is -0.462 e. The number of allylic oxidation sites excluding steroid dienone is 3. The Labute approximate surface area is 339 Å². The number of aliphatic hydroxyl groups excluding tert-OH is 2. The SMILES string of the molecule is CCCCC[C@H](O)/C=C/[C@H]1C(=O)C[C@H](O)[C@@H]1C/C=C\CCCC(=O)O[C@H](COC(=O)CCCCCCCCCCCCCCCCC(C)CC)COP(=O)(O)O. The van der Waals surface area contributed by atoms with E-state index in [1.807, 2.05) is 12.2 Å². The zero-order chi connectivity index (χ0) is 41.4. The number of Topliss-reactive ketones (excluding diaryl/α,β-unsaturated/α-hetero) is 1. The highest BCUT2D eigenvalue weighted by Gasteiger charge is 2.39. The standard InChI is InChI=1S/C44H79O11P/c1-4-6-21-27-37(45)31-32-40-39(41(46)33-42(40)47)28-23-19-20-25-30-44(49)55-38(35-54-56(50,51)52)34-53-43(48)29-24-18-16-14-12-10-8-7-9-11-13-15-17-22-26-36(3)5-2/h19,23,31-32,36-41,45-46H,4-18,20-22,24-30,33-35H2,1-3H3,(H2,50,51,52)/b23-19-,32-31+/t36?,37-,38+,39+,40+,41-/m0/s1. The molecule has 0 bridgehead atoms. The van der Waals surface area contributed by atoms with Gasteiger partial charge in [-0.2, -0.15) is 0 Å². The molecule has 12 heteroatoms. The van der Waals surface area contributed by atoms with Crippen LogP contribution in [0.1, 0.15) is 188 Å². The van der Waals surface area contributed by atoms with Gasteiger partial charge in [-0.1, -0.05) is 161 Å². The number of carbonyl (C=O) groups excluding carboxylic acids is 3. The molecule has 0 saturated heterocycles. The number of ether oxygens (including phenoxy) is 2. The fourth-order valence-corrected chi connectivity index (χ4v) is 7.46. The molecule has 1 aliphatic rings. The summed E-state index contributed by atoms with van der Waals surface area (Å²) in [7, 11) is -4.83. The summed E-state index contributed by atoms with van der Waals surface area (Å²) in [6.45, 7) is 5.74. The van der Waals surface area contributed by atoms with Crippen molar-refractivity contribution in [1.82, 2.24) is 0 Å². The molecule has 0 aliphatic heterocycles. The van der Waals surface area contributed by atoms with Gasteiger partial charge in [-0.15, -0.1) is 0 Å². The van der Waals surface area contributed by atoms with Crippen LogP contribution in [0.4, 0.5) is 0 Å². The Balaban J connectivity index is 2.25. The van der Waals surface area contributed by atoms with E-state index in [0.717, 1.165) is 44.4 Å². The molecule has 1 saturated carbocycles. The number of unbranched alkanes of at least 4 members (excludes halogenated alkanes) is 16. The summed E-state index contributed by atoms with van der Waals surface area (Å²) in [5, 5.41) is 20.7. The second-order valence-corrected chi connectivity index (χ2v) is 17.3. The number of phosphoric acid groups is 1.